The van der Waals surface area contributed by atoms with Gasteiger partial charge in [-0.1, -0.05) is 35.3 Å². The molecule has 0 saturated heterocycles. The number of amides is 1. The van der Waals surface area contributed by atoms with Crippen molar-refractivity contribution in [3.8, 4) is 5.75 Å². The van der Waals surface area contributed by atoms with Crippen molar-refractivity contribution in [2.24, 2.45) is 5.73 Å². The van der Waals surface area contributed by atoms with E-state index < -0.39 is 11.7 Å². The van der Waals surface area contributed by atoms with E-state index in [1.807, 2.05) is 45.0 Å². The van der Waals surface area contributed by atoms with Crippen LogP contribution in [-0.2, 0) is 17.8 Å². The molecule has 30 heavy (non-hydrogen) atoms. The second-order valence-electron chi connectivity index (χ2n) is 8.11. The normalized spacial score (nSPS) is 13.3. The molecule has 0 spiro atoms. The van der Waals surface area contributed by atoms with Crippen molar-refractivity contribution in [2.75, 3.05) is 5.32 Å². The number of fused-ring (bicyclic) bond motifs is 1. The Labute approximate surface area is 186 Å². The topological polar surface area (TPSA) is 76.8 Å². The van der Waals surface area contributed by atoms with Crippen LogP contribution >= 0.6 is 23.2 Å². The van der Waals surface area contributed by atoms with Gasteiger partial charge in [-0.05, 0) is 63.1 Å². The Bertz CT molecular complexity index is 1000. The molecule has 0 aliphatic carbocycles. The van der Waals surface area contributed by atoms with Crippen LogP contribution < -0.4 is 15.8 Å². The highest BCUT2D eigenvalue weighted by atomic mass is 35.5. The van der Waals surface area contributed by atoms with Crippen molar-refractivity contribution >= 4 is 35.0 Å². The summed E-state index contributed by atoms with van der Waals surface area (Å²) < 4.78 is 11.3. The molecule has 8 heteroatoms. The van der Waals surface area contributed by atoms with Crippen molar-refractivity contribution in [3.05, 3.63) is 69.2 Å². The molecule has 3 N–H and O–H groups in total. The average Bonchev–Trinajstić information content (AvgIpc) is 2.64. The molecule has 2 aromatic rings. The molecular weight excluding hydrogens is 425 g/mol. The molecule has 2 aromatic carbocycles. The number of nitrogens with two attached hydrogens (primary N) is 1. The number of anilines is 1. The van der Waals surface area contributed by atoms with Crippen LogP contribution in [0.15, 0.2) is 48.0 Å². The Morgan fingerprint density at radius 1 is 1.10 bits per heavy atom. The van der Waals surface area contributed by atoms with E-state index in [0.29, 0.717) is 40.5 Å². The molecule has 6 nitrogen and oxygen atoms in total. The third kappa shape index (κ3) is 5.52. The molecule has 160 valence electrons. The maximum absolute atomic E-state index is 12.9. The van der Waals surface area contributed by atoms with Gasteiger partial charge in [0.15, 0.2) is 5.75 Å². The molecule has 1 aliphatic heterocycles. The predicted octanol–water partition coefficient (Wildman–Crippen LogP) is 5.88. The van der Waals surface area contributed by atoms with Crippen molar-refractivity contribution in [1.29, 1.82) is 0 Å². The lowest BCUT2D eigenvalue weighted by Crippen LogP contribution is -2.36. The predicted molar refractivity (Wildman–Crippen MR) is 120 cm³/mol. The number of nitrogens with one attached hydrogen (secondary N) is 1. The number of allylic oxidation sites excluding steroid dienone is 1. The van der Waals surface area contributed by atoms with Crippen LogP contribution in [0.3, 0.4) is 0 Å². The second kappa shape index (κ2) is 8.66. The van der Waals surface area contributed by atoms with E-state index in [2.05, 4.69) is 5.32 Å². The molecule has 1 heterocycles. The first-order chi connectivity index (χ1) is 14.0. The van der Waals surface area contributed by atoms with Gasteiger partial charge in [-0.25, -0.2) is 4.79 Å². The Balaban J connectivity index is 1.85. The fraction of sp³-hybridized carbons (Fsp3) is 0.318. The number of rotatable bonds is 4. The molecule has 0 unspecified atom stereocenters. The number of hydrogen-bond acceptors (Lipinski definition) is 5. The summed E-state index contributed by atoms with van der Waals surface area (Å²) in [6.07, 6.45) is -0.425. The molecular formula is C22H25Cl2N3O3. The van der Waals surface area contributed by atoms with Crippen LogP contribution in [0.4, 0.5) is 10.5 Å². The summed E-state index contributed by atoms with van der Waals surface area (Å²) in [4.78, 5) is 14.5. The standard InChI is InChI=1S/C22H25Cl2N3O3/c1-13-20(25)26-18-10-15(6-8-19(18)29-13)12-27(21(28)30-22(2,3)4)11-14-5-7-16(23)17(24)9-14/h5-10,26H,11-12,25H2,1-4H3. The summed E-state index contributed by atoms with van der Waals surface area (Å²) >= 11 is 12.2. The van der Waals surface area contributed by atoms with Gasteiger partial charge in [0.2, 0.25) is 0 Å². The van der Waals surface area contributed by atoms with Gasteiger partial charge in [0.1, 0.15) is 17.2 Å². The Morgan fingerprint density at radius 2 is 1.73 bits per heavy atom. The molecule has 1 aliphatic rings. The fourth-order valence-electron chi connectivity index (χ4n) is 2.91. The van der Waals surface area contributed by atoms with Crippen molar-refractivity contribution in [3.63, 3.8) is 0 Å². The van der Waals surface area contributed by atoms with Crippen LogP contribution in [-0.4, -0.2) is 16.6 Å². The largest absolute Gasteiger partial charge is 0.456 e. The number of carbonyl (C=O) groups excluding carboxylic acids is 1. The lowest BCUT2D eigenvalue weighted by molar-refractivity contribution is 0.0216. The summed E-state index contributed by atoms with van der Waals surface area (Å²) in [5.74, 6) is 1.75. The van der Waals surface area contributed by atoms with Gasteiger partial charge >= 0.3 is 6.09 Å². The van der Waals surface area contributed by atoms with Gasteiger partial charge < -0.3 is 20.5 Å². The third-order valence-electron chi connectivity index (χ3n) is 4.34. The van der Waals surface area contributed by atoms with E-state index in [9.17, 15) is 4.79 Å². The second-order valence-corrected chi connectivity index (χ2v) is 8.93. The highest BCUT2D eigenvalue weighted by Gasteiger charge is 2.24. The molecule has 0 aromatic heterocycles. The monoisotopic (exact) mass is 449 g/mol. The quantitative estimate of drug-likeness (QED) is 0.608. The SMILES string of the molecule is CC1=C(N)Nc2cc(CN(Cc3ccc(Cl)c(Cl)c3)C(=O)OC(C)(C)C)ccc2O1. The number of ether oxygens (including phenoxy) is 2. The smallest absolute Gasteiger partial charge is 0.410 e. The van der Waals surface area contributed by atoms with E-state index in [1.54, 1.807) is 24.0 Å². The molecule has 0 bridgehead atoms. The molecule has 0 saturated carbocycles. The first-order valence-corrected chi connectivity index (χ1v) is 10.2. The molecule has 1 amide bonds. The van der Waals surface area contributed by atoms with E-state index in [1.165, 1.54) is 0 Å². The van der Waals surface area contributed by atoms with Gasteiger partial charge in [-0.15, -0.1) is 0 Å². The Morgan fingerprint density at radius 3 is 2.37 bits per heavy atom. The zero-order valence-corrected chi connectivity index (χ0v) is 18.9. The van der Waals surface area contributed by atoms with Crippen molar-refractivity contribution < 1.29 is 14.3 Å². The molecule has 0 radical (unpaired) electrons. The zero-order valence-electron chi connectivity index (χ0n) is 17.4. The van der Waals surface area contributed by atoms with E-state index >= 15 is 0 Å². The van der Waals surface area contributed by atoms with Crippen LogP contribution in [0.2, 0.25) is 10.0 Å². The molecule has 0 fully saturated rings. The van der Waals surface area contributed by atoms with Gasteiger partial charge in [-0.2, -0.15) is 0 Å². The first-order valence-electron chi connectivity index (χ1n) is 9.48. The fourth-order valence-corrected chi connectivity index (χ4v) is 3.23. The molecule has 0 atom stereocenters. The summed E-state index contributed by atoms with van der Waals surface area (Å²) in [6, 6.07) is 11.0. The maximum atomic E-state index is 12.9. The number of hydrogen-bond donors (Lipinski definition) is 2. The van der Waals surface area contributed by atoms with Crippen LogP contribution in [0.1, 0.15) is 38.8 Å². The summed E-state index contributed by atoms with van der Waals surface area (Å²) in [5.41, 5.74) is 7.79. The van der Waals surface area contributed by atoms with Crippen molar-refractivity contribution in [1.82, 2.24) is 4.90 Å². The third-order valence-corrected chi connectivity index (χ3v) is 5.08. The minimum absolute atomic E-state index is 0.313. The van der Waals surface area contributed by atoms with Crippen LogP contribution in [0.25, 0.3) is 0 Å². The lowest BCUT2D eigenvalue weighted by atomic mass is 10.1. The van der Waals surface area contributed by atoms with Gasteiger partial charge in [0.05, 0.1) is 15.7 Å². The average molecular weight is 450 g/mol. The minimum Gasteiger partial charge on any atom is -0.456 e. The summed E-state index contributed by atoms with van der Waals surface area (Å²) in [5, 5.41) is 4.02. The van der Waals surface area contributed by atoms with E-state index in [0.717, 1.165) is 16.8 Å². The van der Waals surface area contributed by atoms with Gasteiger partial charge in [-0.3, -0.25) is 4.90 Å². The number of benzene rings is 2. The number of halogens is 2. The number of nitrogens with zero attached hydrogens (tertiary/aromatic N) is 1. The Hall–Kier alpha value is -2.57. The highest BCUT2D eigenvalue weighted by molar-refractivity contribution is 6.42. The first kappa shape index (κ1) is 22.1. The van der Waals surface area contributed by atoms with Gasteiger partial charge in [0.25, 0.3) is 0 Å². The number of carbonyl (C=O) groups is 1. The summed E-state index contributed by atoms with van der Waals surface area (Å²) in [7, 11) is 0. The van der Waals surface area contributed by atoms with Crippen molar-refractivity contribution in [2.45, 2.75) is 46.4 Å². The zero-order chi connectivity index (χ0) is 22.1. The van der Waals surface area contributed by atoms with Crippen LogP contribution in [0, 0.1) is 0 Å². The minimum atomic E-state index is -0.616. The lowest BCUT2D eigenvalue weighted by Gasteiger charge is -2.28. The van der Waals surface area contributed by atoms with E-state index in [4.69, 9.17) is 38.4 Å². The highest BCUT2D eigenvalue weighted by Crippen LogP contribution is 2.33. The van der Waals surface area contributed by atoms with E-state index in [-0.39, 0.29) is 0 Å². The molecule has 3 rings (SSSR count). The van der Waals surface area contributed by atoms with Gasteiger partial charge in [0, 0.05) is 13.1 Å². The maximum Gasteiger partial charge on any atom is 0.410 e. The Kier molecular flexibility index (Phi) is 6.38. The summed E-state index contributed by atoms with van der Waals surface area (Å²) in [6.45, 7) is 7.93. The van der Waals surface area contributed by atoms with Crippen LogP contribution in [0.5, 0.6) is 5.75 Å².